The predicted molar refractivity (Wildman–Crippen MR) is 150 cm³/mol. The van der Waals surface area contributed by atoms with Gasteiger partial charge in [-0.05, 0) is 49.7 Å². The van der Waals surface area contributed by atoms with Gasteiger partial charge in [-0.15, -0.1) is 0 Å². The minimum absolute atomic E-state index is 0.0222. The number of nitrogens with one attached hydrogen (secondary N) is 4. The first-order valence-electron chi connectivity index (χ1n) is 12.0. The highest BCUT2D eigenvalue weighted by Gasteiger charge is 2.30. The number of rotatable bonds is 19. The highest BCUT2D eigenvalue weighted by Crippen LogP contribution is 2.07. The number of aromatic amines is 1. The first kappa shape index (κ1) is 33.0. The Balaban J connectivity index is 2.99. The molecular formula is C22H39N9O5S2. The summed E-state index contributed by atoms with van der Waals surface area (Å²) in [6.07, 6.45) is 7.87. The third kappa shape index (κ3) is 13.0. The summed E-state index contributed by atoms with van der Waals surface area (Å²) in [5.41, 5.74) is 17.1. The molecule has 4 atom stereocenters. The molecule has 11 N–H and O–H groups in total. The predicted octanol–water partition coefficient (Wildman–Crippen LogP) is -1.62. The fraction of sp³-hybridized carbons (Fsp3) is 0.636. The summed E-state index contributed by atoms with van der Waals surface area (Å²) in [6, 6.07) is -4.06. The van der Waals surface area contributed by atoms with Gasteiger partial charge in [0.05, 0.1) is 12.4 Å². The van der Waals surface area contributed by atoms with Crippen LogP contribution in [0.1, 0.15) is 31.4 Å². The molecule has 1 aromatic rings. The van der Waals surface area contributed by atoms with Gasteiger partial charge in [-0.3, -0.25) is 19.4 Å². The van der Waals surface area contributed by atoms with E-state index >= 15 is 0 Å². The molecule has 38 heavy (non-hydrogen) atoms. The Morgan fingerprint density at radius 1 is 0.974 bits per heavy atom. The zero-order chi connectivity index (χ0) is 28.5. The number of carboxylic acids is 1. The number of nitrogens with zero attached hydrogens (tertiary/aromatic N) is 2. The molecule has 16 heteroatoms. The van der Waals surface area contributed by atoms with Crippen molar-refractivity contribution in [3.63, 3.8) is 0 Å². The maximum Gasteiger partial charge on any atom is 0.326 e. The molecule has 214 valence electrons. The summed E-state index contributed by atoms with van der Waals surface area (Å²) >= 11 is 3.06. The van der Waals surface area contributed by atoms with E-state index in [1.54, 1.807) is 11.8 Å². The first-order chi connectivity index (χ1) is 18.1. The number of guanidine groups is 1. The number of carbonyl (C=O) groups excluding carboxylic acids is 3. The monoisotopic (exact) mass is 573 g/mol. The quantitative estimate of drug-likeness (QED) is 0.0531. The smallest absolute Gasteiger partial charge is 0.326 e. The molecule has 0 fully saturated rings. The van der Waals surface area contributed by atoms with Crippen LogP contribution in [-0.4, -0.2) is 99.5 Å². The second-order valence-electron chi connectivity index (χ2n) is 8.42. The van der Waals surface area contributed by atoms with Gasteiger partial charge in [0.2, 0.25) is 17.7 Å². The van der Waals surface area contributed by atoms with Gasteiger partial charge < -0.3 is 43.2 Å². The number of hydrogen-bond acceptors (Lipinski definition) is 9. The average Bonchev–Trinajstić information content (AvgIpc) is 3.38. The van der Waals surface area contributed by atoms with Crippen LogP contribution < -0.4 is 33.2 Å². The molecule has 3 amide bonds. The Morgan fingerprint density at radius 3 is 2.16 bits per heavy atom. The Labute approximate surface area is 230 Å². The number of thioether (sulfide) groups is 2. The molecule has 0 aromatic carbocycles. The van der Waals surface area contributed by atoms with E-state index in [9.17, 15) is 24.3 Å². The van der Waals surface area contributed by atoms with Crippen molar-refractivity contribution >= 4 is 53.2 Å². The zero-order valence-electron chi connectivity index (χ0n) is 21.6. The minimum Gasteiger partial charge on any atom is -0.480 e. The van der Waals surface area contributed by atoms with E-state index in [1.807, 2.05) is 12.5 Å². The number of carbonyl (C=O) groups is 4. The van der Waals surface area contributed by atoms with Gasteiger partial charge in [0.25, 0.3) is 0 Å². The van der Waals surface area contributed by atoms with E-state index in [1.165, 1.54) is 24.3 Å². The van der Waals surface area contributed by atoms with E-state index in [-0.39, 0.29) is 25.3 Å². The van der Waals surface area contributed by atoms with Crippen LogP contribution in [0, 0.1) is 0 Å². The number of carboxylic acid groups (broad SMARTS) is 1. The summed E-state index contributed by atoms with van der Waals surface area (Å²) in [4.78, 5) is 61.3. The molecule has 0 radical (unpaired) electrons. The van der Waals surface area contributed by atoms with Gasteiger partial charge >= 0.3 is 5.97 Å². The van der Waals surface area contributed by atoms with Gasteiger partial charge in [-0.2, -0.15) is 23.5 Å². The van der Waals surface area contributed by atoms with Gasteiger partial charge in [-0.25, -0.2) is 9.78 Å². The number of aliphatic imine (C=N–C) groups is 1. The third-order valence-electron chi connectivity index (χ3n) is 5.39. The van der Waals surface area contributed by atoms with E-state index < -0.39 is 47.9 Å². The lowest BCUT2D eigenvalue weighted by atomic mass is 10.1. The van der Waals surface area contributed by atoms with Crippen LogP contribution in [-0.2, 0) is 25.6 Å². The molecular weight excluding hydrogens is 534 g/mol. The van der Waals surface area contributed by atoms with Crippen molar-refractivity contribution in [2.45, 2.75) is 56.3 Å². The van der Waals surface area contributed by atoms with Crippen molar-refractivity contribution in [1.82, 2.24) is 25.9 Å². The largest absolute Gasteiger partial charge is 0.480 e. The third-order valence-corrected chi connectivity index (χ3v) is 6.67. The number of imidazole rings is 1. The van der Waals surface area contributed by atoms with Crippen LogP contribution in [0.2, 0.25) is 0 Å². The van der Waals surface area contributed by atoms with E-state index in [0.29, 0.717) is 36.5 Å². The van der Waals surface area contributed by atoms with Crippen LogP contribution >= 0.6 is 23.5 Å². The van der Waals surface area contributed by atoms with E-state index in [4.69, 9.17) is 17.2 Å². The van der Waals surface area contributed by atoms with Crippen LogP contribution in [0.4, 0.5) is 0 Å². The number of hydrogen-bond donors (Lipinski definition) is 8. The average molecular weight is 574 g/mol. The molecule has 0 bridgehead atoms. The maximum absolute atomic E-state index is 13.2. The van der Waals surface area contributed by atoms with Gasteiger partial charge in [0.1, 0.15) is 18.1 Å². The lowest BCUT2D eigenvalue weighted by Gasteiger charge is -2.25. The topological polar surface area (TPSA) is 244 Å². The Morgan fingerprint density at radius 2 is 1.58 bits per heavy atom. The number of amides is 3. The molecule has 0 saturated heterocycles. The molecule has 0 spiro atoms. The molecule has 0 aliphatic rings. The molecule has 1 aromatic heterocycles. The highest BCUT2D eigenvalue weighted by molar-refractivity contribution is 7.98. The summed E-state index contributed by atoms with van der Waals surface area (Å²) in [6.45, 7) is 0.201. The Kier molecular flexibility index (Phi) is 15.9. The molecule has 14 nitrogen and oxygen atoms in total. The van der Waals surface area contributed by atoms with Crippen molar-refractivity contribution in [3.05, 3.63) is 18.2 Å². The molecule has 4 unspecified atom stereocenters. The van der Waals surface area contributed by atoms with Crippen molar-refractivity contribution in [3.8, 4) is 0 Å². The molecule has 0 saturated carbocycles. The van der Waals surface area contributed by atoms with Crippen molar-refractivity contribution in [2.24, 2.45) is 22.2 Å². The number of aromatic nitrogens is 2. The van der Waals surface area contributed by atoms with Crippen molar-refractivity contribution in [2.75, 3.05) is 30.6 Å². The van der Waals surface area contributed by atoms with Gasteiger partial charge in [-0.1, -0.05) is 0 Å². The van der Waals surface area contributed by atoms with Gasteiger partial charge in [0, 0.05) is 24.9 Å². The lowest BCUT2D eigenvalue weighted by Crippen LogP contribution is -2.57. The first-order valence-corrected chi connectivity index (χ1v) is 14.8. The second kappa shape index (κ2) is 18.3. The molecule has 1 heterocycles. The number of H-pyrrole nitrogens is 1. The minimum atomic E-state index is -1.24. The molecule has 0 aliphatic carbocycles. The van der Waals surface area contributed by atoms with Crippen molar-refractivity contribution in [1.29, 1.82) is 0 Å². The lowest BCUT2D eigenvalue weighted by molar-refractivity contribution is -0.142. The van der Waals surface area contributed by atoms with Crippen LogP contribution in [0.5, 0.6) is 0 Å². The molecule has 0 aliphatic heterocycles. The summed E-state index contributed by atoms with van der Waals surface area (Å²) in [5, 5.41) is 17.4. The van der Waals surface area contributed by atoms with E-state index in [0.717, 1.165) is 0 Å². The number of nitrogens with two attached hydrogens (primary N) is 3. The van der Waals surface area contributed by atoms with Crippen LogP contribution in [0.3, 0.4) is 0 Å². The Hall–Kier alpha value is -2.98. The normalized spacial score (nSPS) is 14.0. The zero-order valence-corrected chi connectivity index (χ0v) is 23.3. The fourth-order valence-corrected chi connectivity index (χ4v) is 4.25. The summed E-state index contributed by atoms with van der Waals surface area (Å²) in [5.74, 6) is -1.82. The second-order valence-corrected chi connectivity index (χ2v) is 10.4. The number of aliphatic carboxylic acids is 1. The summed E-state index contributed by atoms with van der Waals surface area (Å²) in [7, 11) is 0. The fourth-order valence-electron chi connectivity index (χ4n) is 3.29. The van der Waals surface area contributed by atoms with Crippen LogP contribution in [0.15, 0.2) is 17.5 Å². The van der Waals surface area contributed by atoms with Gasteiger partial charge in [0.15, 0.2) is 5.96 Å². The SMILES string of the molecule is CSCCC(N)C(=O)NC(CCSC)C(=O)NC(Cc1cnc[nH]1)C(=O)NC(CCCN=C(N)N)C(=O)O. The van der Waals surface area contributed by atoms with E-state index in [2.05, 4.69) is 30.9 Å². The highest BCUT2D eigenvalue weighted by atomic mass is 32.2. The Bertz CT molecular complexity index is 913. The molecule has 1 rings (SSSR count). The summed E-state index contributed by atoms with van der Waals surface area (Å²) < 4.78 is 0. The van der Waals surface area contributed by atoms with Crippen LogP contribution in [0.25, 0.3) is 0 Å². The standard InChI is InChI=1S/C22H39N9O5S2/c1-37-8-5-14(23)18(32)29-15(6-9-38-2)19(33)31-17(10-13-11-26-12-28-13)20(34)30-16(21(35)36)4-3-7-27-22(24)25/h11-12,14-17H,3-10,23H2,1-2H3,(H,26,28)(H,29,32)(H,30,34)(H,31,33)(H,35,36)(H4,24,25,27). The maximum atomic E-state index is 13.2. The van der Waals surface area contributed by atoms with Crippen molar-refractivity contribution < 1.29 is 24.3 Å².